The number of nitrogens with zero attached hydrogens (tertiary/aromatic N) is 4. The molecule has 0 bridgehead atoms. The number of nitrogens with one attached hydrogen (secondary N) is 1. The van der Waals surface area contributed by atoms with Gasteiger partial charge in [0.05, 0.1) is 27.2 Å². The Morgan fingerprint density at radius 3 is 1.88 bits per heavy atom. The standard InChI is InChI=1S/C20H38N5/c1-13(2)24(14(3)4)18-17(19(18)25(15(5)6)16(7)8)21-20-22(9)11-12-23(20)10/h13-16H,11-12H2,1-10H3/q+1/p+1. The molecule has 5 heteroatoms. The second-order valence-corrected chi connectivity index (χ2v) is 8.55. The molecule has 0 aromatic heterocycles. The Bertz CT molecular complexity index is 638. The molecule has 142 valence electrons. The van der Waals surface area contributed by atoms with E-state index >= 15 is 0 Å². The van der Waals surface area contributed by atoms with Gasteiger partial charge < -0.3 is 4.90 Å². The van der Waals surface area contributed by atoms with Gasteiger partial charge in [0.2, 0.25) is 5.69 Å². The molecular formula is C20H39N5+2. The Balaban J connectivity index is 2.56. The molecule has 0 saturated heterocycles. The quantitative estimate of drug-likeness (QED) is 0.797. The summed E-state index contributed by atoms with van der Waals surface area (Å²) in [6.45, 7) is 20.5. The smallest absolute Gasteiger partial charge is 0.353 e. The average Bonchev–Trinajstić information content (AvgIpc) is 3.02. The van der Waals surface area contributed by atoms with E-state index in [2.05, 4.69) is 93.8 Å². The van der Waals surface area contributed by atoms with Crippen LogP contribution in [0.1, 0.15) is 55.4 Å². The minimum atomic E-state index is 0.481. The highest BCUT2D eigenvalue weighted by Crippen LogP contribution is 2.32. The normalized spacial score (nSPS) is 15.7. The fraction of sp³-hybridized carbons (Fsp3) is 0.800. The molecule has 0 aliphatic carbocycles. The van der Waals surface area contributed by atoms with E-state index in [0.29, 0.717) is 24.2 Å². The van der Waals surface area contributed by atoms with Crippen molar-refractivity contribution in [2.24, 2.45) is 0 Å². The molecule has 25 heavy (non-hydrogen) atoms. The van der Waals surface area contributed by atoms with E-state index in [1.54, 1.807) is 0 Å². The van der Waals surface area contributed by atoms with E-state index in [-0.39, 0.29) is 0 Å². The molecular weight excluding hydrogens is 310 g/mol. The lowest BCUT2D eigenvalue weighted by molar-refractivity contribution is -0.486. The predicted molar refractivity (Wildman–Crippen MR) is 109 cm³/mol. The van der Waals surface area contributed by atoms with E-state index in [1.807, 2.05) is 0 Å². The lowest BCUT2D eigenvalue weighted by Crippen LogP contribution is -2.41. The van der Waals surface area contributed by atoms with Gasteiger partial charge in [0.25, 0.3) is 5.36 Å². The summed E-state index contributed by atoms with van der Waals surface area (Å²) < 4.78 is 4.86. The van der Waals surface area contributed by atoms with Crippen LogP contribution in [0.2, 0.25) is 0 Å². The van der Waals surface area contributed by atoms with Gasteiger partial charge in [-0.1, -0.05) is 0 Å². The highest BCUT2D eigenvalue weighted by molar-refractivity contribution is 5.99. The Morgan fingerprint density at radius 2 is 1.52 bits per heavy atom. The largest absolute Gasteiger partial charge is 0.358 e. The minimum absolute atomic E-state index is 0.481. The van der Waals surface area contributed by atoms with Gasteiger partial charge in [-0.25, -0.2) is 9.89 Å². The third kappa shape index (κ3) is 3.85. The topological polar surface area (TPSA) is 24.5 Å². The van der Waals surface area contributed by atoms with Crippen LogP contribution in [-0.2, 0) is 0 Å². The van der Waals surface area contributed by atoms with Gasteiger partial charge in [-0.2, -0.15) is 0 Å². The Kier molecular flexibility index (Phi) is 5.85. The maximum atomic E-state index is 3.76. The molecule has 1 aliphatic rings. The van der Waals surface area contributed by atoms with Crippen molar-refractivity contribution in [2.75, 3.05) is 37.4 Å². The molecule has 0 radical (unpaired) electrons. The predicted octanol–water partition coefficient (Wildman–Crippen LogP) is 2.13. The van der Waals surface area contributed by atoms with Crippen LogP contribution in [-0.4, -0.2) is 66.8 Å². The van der Waals surface area contributed by atoms with E-state index in [1.165, 1.54) is 22.7 Å². The van der Waals surface area contributed by atoms with Crippen LogP contribution in [0.15, 0.2) is 0 Å². The molecule has 1 aliphatic heterocycles. The van der Waals surface area contributed by atoms with Crippen molar-refractivity contribution in [3.63, 3.8) is 0 Å². The zero-order valence-electron chi connectivity index (χ0n) is 18.0. The summed E-state index contributed by atoms with van der Waals surface area (Å²) in [6.07, 6.45) is 0. The molecule has 0 amide bonds. The van der Waals surface area contributed by atoms with Gasteiger partial charge in [-0.3, -0.25) is 9.48 Å². The first-order valence-corrected chi connectivity index (χ1v) is 9.82. The third-order valence-electron chi connectivity index (χ3n) is 5.11. The third-order valence-corrected chi connectivity index (χ3v) is 5.11. The number of rotatable bonds is 6. The van der Waals surface area contributed by atoms with Gasteiger partial charge in [-0.05, 0) is 55.4 Å². The molecule has 1 aromatic rings. The van der Waals surface area contributed by atoms with Crippen LogP contribution >= 0.6 is 0 Å². The van der Waals surface area contributed by atoms with E-state index in [0.717, 1.165) is 13.1 Å². The summed E-state index contributed by atoms with van der Waals surface area (Å²) in [7, 11) is 4.33. The molecule has 1 heterocycles. The summed E-state index contributed by atoms with van der Waals surface area (Å²) in [4.78, 5) is 4.86. The molecule has 5 nitrogen and oxygen atoms in total. The van der Waals surface area contributed by atoms with Gasteiger partial charge in [0.15, 0.2) is 5.69 Å². The highest BCUT2D eigenvalue weighted by atomic mass is 15.4. The number of guanidine groups is 1. The van der Waals surface area contributed by atoms with E-state index in [4.69, 9.17) is 0 Å². The van der Waals surface area contributed by atoms with Crippen molar-refractivity contribution in [3.8, 4) is 0 Å². The Labute approximate surface area is 154 Å². The van der Waals surface area contributed by atoms with Crippen molar-refractivity contribution in [1.82, 2.24) is 9.48 Å². The zero-order chi connectivity index (χ0) is 19.0. The molecule has 0 spiro atoms. The first-order chi connectivity index (χ1) is 11.6. The van der Waals surface area contributed by atoms with Crippen molar-refractivity contribution in [3.05, 3.63) is 5.36 Å². The number of anilines is 2. The molecule has 1 N–H and O–H groups in total. The van der Waals surface area contributed by atoms with Crippen LogP contribution < -0.4 is 20.1 Å². The maximum Gasteiger partial charge on any atom is 0.353 e. The lowest BCUT2D eigenvalue weighted by Gasteiger charge is -2.28. The molecule has 0 fully saturated rings. The van der Waals surface area contributed by atoms with Gasteiger partial charge in [0.1, 0.15) is 12.1 Å². The van der Waals surface area contributed by atoms with Crippen molar-refractivity contribution in [1.29, 1.82) is 0 Å². The molecule has 1 aromatic carbocycles. The molecule has 2 rings (SSSR count). The minimum Gasteiger partial charge on any atom is -0.358 e. The summed E-state index contributed by atoms with van der Waals surface area (Å²) in [5, 5.41) is 5.16. The van der Waals surface area contributed by atoms with Crippen LogP contribution in [0.3, 0.4) is 0 Å². The van der Waals surface area contributed by atoms with Gasteiger partial charge in [-0.15, -0.1) is 0 Å². The summed E-state index contributed by atoms with van der Waals surface area (Å²) >= 11 is 0. The van der Waals surface area contributed by atoms with Crippen LogP contribution in [0.4, 0.5) is 11.4 Å². The monoisotopic (exact) mass is 349 g/mol. The van der Waals surface area contributed by atoms with E-state index in [9.17, 15) is 0 Å². The number of likely N-dealkylation sites (N-methyl/N-ethyl adjacent to an activating group) is 2. The fourth-order valence-corrected chi connectivity index (χ4v) is 4.12. The first kappa shape index (κ1) is 19.8. The van der Waals surface area contributed by atoms with Crippen molar-refractivity contribution < 1.29 is 4.58 Å². The second-order valence-electron chi connectivity index (χ2n) is 8.55. The molecule has 0 atom stereocenters. The Morgan fingerprint density at radius 1 is 1.00 bits per heavy atom. The molecule has 0 unspecified atom stereocenters. The highest BCUT2D eigenvalue weighted by Gasteiger charge is 2.42. The summed E-state index contributed by atoms with van der Waals surface area (Å²) in [5.74, 6) is 1.21. The lowest BCUT2D eigenvalue weighted by atomic mass is 10.2. The fourth-order valence-electron chi connectivity index (χ4n) is 4.12. The molecule has 0 saturated carbocycles. The maximum absolute atomic E-state index is 3.76. The Hall–Kier alpha value is -1.52. The zero-order valence-corrected chi connectivity index (χ0v) is 18.0. The first-order valence-electron chi connectivity index (χ1n) is 9.82. The van der Waals surface area contributed by atoms with Gasteiger partial charge >= 0.3 is 5.96 Å². The van der Waals surface area contributed by atoms with Crippen LogP contribution in [0.25, 0.3) is 0 Å². The van der Waals surface area contributed by atoms with Crippen LogP contribution in [0.5, 0.6) is 0 Å². The number of hydrogen-bond acceptors (Lipinski definition) is 3. The van der Waals surface area contributed by atoms with Crippen molar-refractivity contribution in [2.45, 2.75) is 79.6 Å². The van der Waals surface area contributed by atoms with Crippen molar-refractivity contribution >= 4 is 17.3 Å². The summed E-state index contributed by atoms with van der Waals surface area (Å²) in [5.41, 5.74) is 2.70. The van der Waals surface area contributed by atoms with E-state index < -0.39 is 0 Å². The van der Waals surface area contributed by atoms with Crippen LogP contribution in [0, 0.1) is 0 Å². The second kappa shape index (κ2) is 7.38. The SMILES string of the molecule is CC(C)N(c1c(NC2=[N+](C)CCN2C)c1=[N+](C(C)C)C(C)C)C(C)C. The average molecular weight is 350 g/mol. The number of hydrogen-bond donors (Lipinski definition) is 1. The van der Waals surface area contributed by atoms with Gasteiger partial charge in [0, 0.05) is 12.1 Å². The summed E-state index contributed by atoms with van der Waals surface area (Å²) in [6, 6.07) is 1.92.